The molecule has 19 heavy (non-hydrogen) atoms. The van der Waals surface area contributed by atoms with E-state index >= 15 is 0 Å². The minimum atomic E-state index is 0.499. The van der Waals surface area contributed by atoms with Gasteiger partial charge in [-0.05, 0) is 44.0 Å². The molecule has 4 nitrogen and oxygen atoms in total. The molecule has 0 spiro atoms. The number of rotatable bonds is 4. The second-order valence-electron chi connectivity index (χ2n) is 5.04. The quantitative estimate of drug-likeness (QED) is 0.885. The Hall–Kier alpha value is -1.81. The predicted octanol–water partition coefficient (Wildman–Crippen LogP) is 2.52. The van der Waals surface area contributed by atoms with Crippen molar-refractivity contribution in [1.29, 1.82) is 0 Å². The fourth-order valence-electron chi connectivity index (χ4n) is 2.49. The van der Waals surface area contributed by atoms with Gasteiger partial charge in [0.1, 0.15) is 12.4 Å². The van der Waals surface area contributed by atoms with Gasteiger partial charge in [0.25, 0.3) is 0 Å². The lowest BCUT2D eigenvalue weighted by atomic mass is 10.1. The van der Waals surface area contributed by atoms with Crippen molar-refractivity contribution in [3.8, 4) is 16.9 Å². The highest BCUT2D eigenvalue weighted by atomic mass is 16.5. The number of aryl methyl sites for hydroxylation is 1. The van der Waals surface area contributed by atoms with Crippen LogP contribution in [0.15, 0.2) is 30.5 Å². The summed E-state index contributed by atoms with van der Waals surface area (Å²) >= 11 is 0. The lowest BCUT2D eigenvalue weighted by molar-refractivity contribution is 0.277. The highest BCUT2D eigenvalue weighted by Crippen LogP contribution is 2.25. The molecule has 0 amide bonds. The molecule has 100 valence electrons. The highest BCUT2D eigenvalue weighted by molar-refractivity contribution is 5.66. The van der Waals surface area contributed by atoms with Crippen LogP contribution in [0.2, 0.25) is 0 Å². The molecule has 1 unspecified atom stereocenters. The molecule has 0 aliphatic carbocycles. The van der Waals surface area contributed by atoms with Gasteiger partial charge in [-0.2, -0.15) is 5.10 Å². The van der Waals surface area contributed by atoms with Crippen molar-refractivity contribution < 1.29 is 4.74 Å². The maximum atomic E-state index is 5.88. The molecule has 4 heteroatoms. The summed E-state index contributed by atoms with van der Waals surface area (Å²) in [7, 11) is 0. The van der Waals surface area contributed by atoms with Crippen LogP contribution in [0.4, 0.5) is 0 Å². The number of nitrogens with one attached hydrogen (secondary N) is 2. The van der Waals surface area contributed by atoms with Crippen molar-refractivity contribution >= 4 is 0 Å². The molecule has 2 aromatic rings. The van der Waals surface area contributed by atoms with Crippen molar-refractivity contribution in [2.75, 3.05) is 13.2 Å². The second kappa shape index (κ2) is 5.45. The van der Waals surface area contributed by atoms with E-state index in [1.807, 2.05) is 25.3 Å². The highest BCUT2D eigenvalue weighted by Gasteiger charge is 2.14. The topological polar surface area (TPSA) is 49.9 Å². The Morgan fingerprint density at radius 2 is 2.37 bits per heavy atom. The number of hydrogen-bond acceptors (Lipinski definition) is 3. The maximum Gasteiger partial charge on any atom is 0.119 e. The minimum Gasteiger partial charge on any atom is -0.492 e. The van der Waals surface area contributed by atoms with Crippen molar-refractivity contribution in [3.63, 3.8) is 0 Å². The lowest BCUT2D eigenvalue weighted by Crippen LogP contribution is -2.28. The Morgan fingerprint density at radius 1 is 1.42 bits per heavy atom. The van der Waals surface area contributed by atoms with Gasteiger partial charge in [-0.15, -0.1) is 0 Å². The normalized spacial score (nSPS) is 18.7. The van der Waals surface area contributed by atoms with Crippen LogP contribution in [-0.2, 0) is 0 Å². The van der Waals surface area contributed by atoms with E-state index in [4.69, 9.17) is 4.74 Å². The number of aromatic amines is 1. The van der Waals surface area contributed by atoms with Gasteiger partial charge in [-0.1, -0.05) is 12.1 Å². The van der Waals surface area contributed by atoms with Crippen LogP contribution in [0.3, 0.4) is 0 Å². The first-order chi connectivity index (χ1) is 9.33. The van der Waals surface area contributed by atoms with Crippen molar-refractivity contribution in [2.45, 2.75) is 25.8 Å². The molecule has 1 saturated heterocycles. The van der Waals surface area contributed by atoms with Crippen molar-refractivity contribution in [1.82, 2.24) is 15.5 Å². The van der Waals surface area contributed by atoms with Gasteiger partial charge in [-0.25, -0.2) is 0 Å². The third kappa shape index (κ3) is 2.79. The summed E-state index contributed by atoms with van der Waals surface area (Å²) in [5.41, 5.74) is 3.35. The molecular formula is C15H19N3O. The SMILES string of the molecule is Cc1[nH]ncc1-c1cccc(OCC2CCCN2)c1. The molecule has 1 aliphatic rings. The standard InChI is InChI=1S/C15H19N3O/c1-11-15(9-17-18-11)12-4-2-6-14(8-12)19-10-13-5-3-7-16-13/h2,4,6,8-9,13,16H,3,5,7,10H2,1H3,(H,17,18). The average Bonchev–Trinajstić information content (AvgIpc) is 3.08. The Bertz CT molecular complexity index is 544. The summed E-state index contributed by atoms with van der Waals surface area (Å²) in [5, 5.41) is 10.5. The van der Waals surface area contributed by atoms with Crippen LogP contribution >= 0.6 is 0 Å². The van der Waals surface area contributed by atoms with Crippen LogP contribution in [-0.4, -0.2) is 29.4 Å². The van der Waals surface area contributed by atoms with Crippen LogP contribution < -0.4 is 10.1 Å². The van der Waals surface area contributed by atoms with E-state index < -0.39 is 0 Å². The molecule has 0 radical (unpaired) electrons. The largest absolute Gasteiger partial charge is 0.492 e. The average molecular weight is 257 g/mol. The van der Waals surface area contributed by atoms with Crippen LogP contribution in [0.5, 0.6) is 5.75 Å². The summed E-state index contributed by atoms with van der Waals surface area (Å²) in [4.78, 5) is 0. The Morgan fingerprint density at radius 3 is 3.11 bits per heavy atom. The van der Waals surface area contributed by atoms with E-state index in [0.29, 0.717) is 6.04 Å². The maximum absolute atomic E-state index is 5.88. The third-order valence-corrected chi connectivity index (χ3v) is 3.59. The van der Waals surface area contributed by atoms with E-state index in [2.05, 4.69) is 27.6 Å². The smallest absolute Gasteiger partial charge is 0.119 e. The molecule has 0 saturated carbocycles. The van der Waals surface area contributed by atoms with Crippen molar-refractivity contribution in [3.05, 3.63) is 36.2 Å². The molecule has 1 aliphatic heterocycles. The van der Waals surface area contributed by atoms with Gasteiger partial charge in [0, 0.05) is 17.3 Å². The molecule has 0 bridgehead atoms. The van der Waals surface area contributed by atoms with E-state index in [0.717, 1.165) is 35.7 Å². The minimum absolute atomic E-state index is 0.499. The predicted molar refractivity (Wildman–Crippen MR) is 75.3 cm³/mol. The zero-order chi connectivity index (χ0) is 13.1. The van der Waals surface area contributed by atoms with E-state index in [9.17, 15) is 0 Å². The van der Waals surface area contributed by atoms with Crippen LogP contribution in [0, 0.1) is 6.92 Å². The Labute approximate surface area is 113 Å². The number of nitrogens with zero attached hydrogens (tertiary/aromatic N) is 1. The third-order valence-electron chi connectivity index (χ3n) is 3.59. The summed E-state index contributed by atoms with van der Waals surface area (Å²) in [6, 6.07) is 8.69. The zero-order valence-corrected chi connectivity index (χ0v) is 11.1. The van der Waals surface area contributed by atoms with E-state index in [1.165, 1.54) is 12.8 Å². The molecule has 3 rings (SSSR count). The fraction of sp³-hybridized carbons (Fsp3) is 0.400. The summed E-state index contributed by atoms with van der Waals surface area (Å²) in [6.07, 6.45) is 4.32. The summed E-state index contributed by atoms with van der Waals surface area (Å²) in [6.45, 7) is 3.88. The van der Waals surface area contributed by atoms with E-state index in [1.54, 1.807) is 0 Å². The number of hydrogen-bond donors (Lipinski definition) is 2. The summed E-state index contributed by atoms with van der Waals surface area (Å²) < 4.78 is 5.88. The molecule has 1 aromatic carbocycles. The molecule has 1 atom stereocenters. The zero-order valence-electron chi connectivity index (χ0n) is 11.1. The lowest BCUT2D eigenvalue weighted by Gasteiger charge is -2.12. The Balaban J connectivity index is 1.71. The van der Waals surface area contributed by atoms with E-state index in [-0.39, 0.29) is 0 Å². The number of H-pyrrole nitrogens is 1. The number of benzene rings is 1. The number of aromatic nitrogens is 2. The Kier molecular flexibility index (Phi) is 3.51. The van der Waals surface area contributed by atoms with Gasteiger partial charge in [-0.3, -0.25) is 5.10 Å². The van der Waals surface area contributed by atoms with Gasteiger partial charge in [0.2, 0.25) is 0 Å². The number of ether oxygens (including phenoxy) is 1. The second-order valence-corrected chi connectivity index (χ2v) is 5.04. The molecule has 2 heterocycles. The molecule has 2 N–H and O–H groups in total. The monoisotopic (exact) mass is 257 g/mol. The molecule has 1 fully saturated rings. The first kappa shape index (κ1) is 12.2. The van der Waals surface area contributed by atoms with Crippen molar-refractivity contribution in [2.24, 2.45) is 0 Å². The van der Waals surface area contributed by atoms with Gasteiger partial charge in [0.15, 0.2) is 0 Å². The molecular weight excluding hydrogens is 238 g/mol. The first-order valence-corrected chi connectivity index (χ1v) is 6.79. The van der Waals surface area contributed by atoms with Crippen LogP contribution in [0.25, 0.3) is 11.1 Å². The van der Waals surface area contributed by atoms with Gasteiger partial charge >= 0.3 is 0 Å². The first-order valence-electron chi connectivity index (χ1n) is 6.79. The fourth-order valence-corrected chi connectivity index (χ4v) is 2.49. The van der Waals surface area contributed by atoms with Gasteiger partial charge < -0.3 is 10.1 Å². The van der Waals surface area contributed by atoms with Crippen LogP contribution in [0.1, 0.15) is 18.5 Å². The summed E-state index contributed by atoms with van der Waals surface area (Å²) in [5.74, 6) is 0.923. The molecule has 1 aromatic heterocycles. The van der Waals surface area contributed by atoms with Gasteiger partial charge in [0.05, 0.1) is 6.20 Å².